The van der Waals surface area contributed by atoms with E-state index in [9.17, 15) is 26.7 Å². The first-order valence-electron chi connectivity index (χ1n) is 4.75. The molecule has 0 aliphatic heterocycles. The molecule has 0 heterocycles. The standard InChI is InChI=1S/C9H13F5O2/c10-8(11)6-16-5-3-7(15)2-1-4-9(12,13)14/h8H,1-6H2. The Balaban J connectivity index is 3.39. The molecule has 7 heteroatoms. The van der Waals surface area contributed by atoms with Gasteiger partial charge in [0.1, 0.15) is 12.4 Å². The van der Waals surface area contributed by atoms with Crippen LogP contribution in [0.15, 0.2) is 0 Å². The van der Waals surface area contributed by atoms with Crippen LogP contribution < -0.4 is 0 Å². The van der Waals surface area contributed by atoms with Crippen LogP contribution in [0.4, 0.5) is 22.0 Å². The molecule has 0 aliphatic rings. The molecule has 0 amide bonds. The summed E-state index contributed by atoms with van der Waals surface area (Å²) in [6.07, 6.45) is -8.44. The lowest BCUT2D eigenvalue weighted by Crippen LogP contribution is -2.11. The van der Waals surface area contributed by atoms with Gasteiger partial charge in [0.2, 0.25) is 0 Å². The van der Waals surface area contributed by atoms with E-state index in [4.69, 9.17) is 0 Å². The normalized spacial score (nSPS) is 12.1. The zero-order chi connectivity index (χ0) is 12.6. The van der Waals surface area contributed by atoms with Gasteiger partial charge in [0.25, 0.3) is 6.43 Å². The van der Waals surface area contributed by atoms with E-state index >= 15 is 0 Å². The molecule has 2 nitrogen and oxygen atoms in total. The molecule has 0 bridgehead atoms. The van der Waals surface area contributed by atoms with Gasteiger partial charge in [-0.3, -0.25) is 4.79 Å². The van der Waals surface area contributed by atoms with E-state index in [1.165, 1.54) is 0 Å². The molecule has 0 fully saturated rings. The lowest BCUT2D eigenvalue weighted by atomic mass is 10.1. The third kappa shape index (κ3) is 11.4. The lowest BCUT2D eigenvalue weighted by molar-refractivity contribution is -0.137. The first-order chi connectivity index (χ1) is 7.31. The van der Waals surface area contributed by atoms with Crippen molar-refractivity contribution in [2.75, 3.05) is 13.2 Å². The summed E-state index contributed by atoms with van der Waals surface area (Å²) >= 11 is 0. The summed E-state index contributed by atoms with van der Waals surface area (Å²) in [6, 6.07) is 0. The summed E-state index contributed by atoms with van der Waals surface area (Å²) < 4.78 is 62.6. The molecule has 16 heavy (non-hydrogen) atoms. The summed E-state index contributed by atoms with van der Waals surface area (Å²) in [4.78, 5) is 10.9. The maximum Gasteiger partial charge on any atom is 0.389 e. The monoisotopic (exact) mass is 248 g/mol. The molecule has 0 aliphatic carbocycles. The van der Waals surface area contributed by atoms with Gasteiger partial charge in [0.15, 0.2) is 0 Å². The number of hydrogen-bond donors (Lipinski definition) is 0. The van der Waals surface area contributed by atoms with Crippen molar-refractivity contribution >= 4 is 5.78 Å². The fourth-order valence-corrected chi connectivity index (χ4v) is 0.969. The second kappa shape index (κ2) is 7.54. The summed E-state index contributed by atoms with van der Waals surface area (Å²) in [7, 11) is 0. The van der Waals surface area contributed by atoms with E-state index in [2.05, 4.69) is 4.74 Å². The minimum absolute atomic E-state index is 0.120. The summed E-state index contributed by atoms with van der Waals surface area (Å²) in [5, 5.41) is 0. The van der Waals surface area contributed by atoms with Gasteiger partial charge >= 0.3 is 6.18 Å². The van der Waals surface area contributed by atoms with Crippen LogP contribution in [-0.4, -0.2) is 31.6 Å². The van der Waals surface area contributed by atoms with E-state index in [-0.39, 0.29) is 25.9 Å². The quantitative estimate of drug-likeness (QED) is 0.487. The molecule has 0 unspecified atom stereocenters. The number of carbonyl (C=O) groups is 1. The Kier molecular flexibility index (Phi) is 7.20. The Labute approximate surface area is 89.8 Å². The smallest absolute Gasteiger partial charge is 0.375 e. The Morgan fingerprint density at radius 2 is 1.81 bits per heavy atom. The predicted molar refractivity (Wildman–Crippen MR) is 46.4 cm³/mol. The lowest BCUT2D eigenvalue weighted by Gasteiger charge is -2.05. The molecule has 0 aromatic carbocycles. The third-order valence-electron chi connectivity index (χ3n) is 1.68. The summed E-state index contributed by atoms with van der Waals surface area (Å²) in [6.45, 7) is -0.926. The van der Waals surface area contributed by atoms with Crippen molar-refractivity contribution in [2.24, 2.45) is 0 Å². The molecule has 0 radical (unpaired) electrons. The highest BCUT2D eigenvalue weighted by Crippen LogP contribution is 2.22. The first-order valence-corrected chi connectivity index (χ1v) is 4.75. The topological polar surface area (TPSA) is 26.3 Å². The van der Waals surface area contributed by atoms with E-state index in [1.54, 1.807) is 0 Å². The SMILES string of the molecule is O=C(CCCC(F)(F)F)CCOCC(F)F. The average molecular weight is 248 g/mol. The van der Waals surface area contributed by atoms with Crippen LogP contribution in [0.5, 0.6) is 0 Å². The Bertz CT molecular complexity index is 203. The molecule has 0 N–H and O–H groups in total. The second-order valence-corrected chi connectivity index (χ2v) is 3.22. The van der Waals surface area contributed by atoms with Crippen molar-refractivity contribution in [1.82, 2.24) is 0 Å². The highest BCUT2D eigenvalue weighted by Gasteiger charge is 2.26. The van der Waals surface area contributed by atoms with Gasteiger partial charge in [0, 0.05) is 19.3 Å². The number of ether oxygens (including phenoxy) is 1. The van der Waals surface area contributed by atoms with Gasteiger partial charge in [-0.1, -0.05) is 0 Å². The van der Waals surface area contributed by atoms with Crippen LogP contribution in [0.3, 0.4) is 0 Å². The van der Waals surface area contributed by atoms with Crippen molar-refractivity contribution in [3.8, 4) is 0 Å². The maximum absolute atomic E-state index is 11.7. The number of halogens is 5. The van der Waals surface area contributed by atoms with Crippen LogP contribution in [0, 0.1) is 0 Å². The van der Waals surface area contributed by atoms with Crippen LogP contribution in [0.25, 0.3) is 0 Å². The molecule has 0 saturated carbocycles. The van der Waals surface area contributed by atoms with Crippen molar-refractivity contribution < 1.29 is 31.5 Å². The molecule has 0 aromatic heterocycles. The third-order valence-corrected chi connectivity index (χ3v) is 1.68. The van der Waals surface area contributed by atoms with Gasteiger partial charge in [-0.05, 0) is 6.42 Å². The number of hydrogen-bond acceptors (Lipinski definition) is 2. The summed E-state index contributed by atoms with van der Waals surface area (Å²) in [5.41, 5.74) is 0. The average Bonchev–Trinajstić information content (AvgIpc) is 2.10. The van der Waals surface area contributed by atoms with Gasteiger partial charge in [-0.15, -0.1) is 0 Å². The fourth-order valence-electron chi connectivity index (χ4n) is 0.969. The molecule has 0 saturated heterocycles. The zero-order valence-corrected chi connectivity index (χ0v) is 8.53. The number of alkyl halides is 5. The summed E-state index contributed by atoms with van der Waals surface area (Å²) in [5.74, 6) is -0.404. The van der Waals surface area contributed by atoms with Crippen LogP contribution in [0.1, 0.15) is 25.7 Å². The van der Waals surface area contributed by atoms with Crippen molar-refractivity contribution in [3.05, 3.63) is 0 Å². The number of rotatable bonds is 8. The Hall–Kier alpha value is -0.720. The van der Waals surface area contributed by atoms with E-state index < -0.39 is 31.4 Å². The van der Waals surface area contributed by atoms with Gasteiger partial charge in [-0.25, -0.2) is 8.78 Å². The Morgan fingerprint density at radius 3 is 2.31 bits per heavy atom. The molecule has 0 aromatic rings. The van der Waals surface area contributed by atoms with Crippen LogP contribution >= 0.6 is 0 Å². The van der Waals surface area contributed by atoms with Crippen LogP contribution in [0.2, 0.25) is 0 Å². The number of carbonyl (C=O) groups excluding carboxylic acids is 1. The molecule has 0 atom stereocenters. The van der Waals surface area contributed by atoms with E-state index in [0.717, 1.165) is 0 Å². The molecular weight excluding hydrogens is 235 g/mol. The molecule has 96 valence electrons. The second-order valence-electron chi connectivity index (χ2n) is 3.22. The molecular formula is C9H13F5O2. The van der Waals surface area contributed by atoms with E-state index in [0.29, 0.717) is 0 Å². The van der Waals surface area contributed by atoms with Crippen molar-refractivity contribution in [2.45, 2.75) is 38.3 Å². The van der Waals surface area contributed by atoms with Crippen LogP contribution in [-0.2, 0) is 9.53 Å². The van der Waals surface area contributed by atoms with Gasteiger partial charge < -0.3 is 4.74 Å². The minimum atomic E-state index is -4.26. The minimum Gasteiger partial charge on any atom is -0.375 e. The largest absolute Gasteiger partial charge is 0.389 e. The maximum atomic E-state index is 11.7. The predicted octanol–water partition coefficient (Wildman–Crippen LogP) is 2.96. The van der Waals surface area contributed by atoms with Gasteiger partial charge in [0.05, 0.1) is 6.61 Å². The van der Waals surface area contributed by atoms with Gasteiger partial charge in [-0.2, -0.15) is 13.2 Å². The highest BCUT2D eigenvalue weighted by molar-refractivity contribution is 5.78. The molecule has 0 spiro atoms. The highest BCUT2D eigenvalue weighted by atomic mass is 19.4. The fraction of sp³-hybridized carbons (Fsp3) is 0.889. The van der Waals surface area contributed by atoms with Crippen molar-refractivity contribution in [3.63, 3.8) is 0 Å². The molecule has 0 rings (SSSR count). The number of ketones is 1. The zero-order valence-electron chi connectivity index (χ0n) is 8.53. The van der Waals surface area contributed by atoms with E-state index in [1.807, 2.05) is 0 Å². The first kappa shape index (κ1) is 15.3. The Morgan fingerprint density at radius 1 is 1.19 bits per heavy atom. The van der Waals surface area contributed by atoms with Crippen molar-refractivity contribution in [1.29, 1.82) is 0 Å². The number of Topliss-reactive ketones (excluding diaryl/α,β-unsaturated/α-hetero) is 1.